The van der Waals surface area contributed by atoms with E-state index in [1.807, 2.05) is 24.3 Å². The molecule has 0 aliphatic heterocycles. The standard InChI is InChI=1S/C16H19N3O2/c1-11(21-10-12-2-3-12)16(20)19-14-6-4-13(5-7-14)15-17-8-9-18-15/h4-9,11-12H,2-3,10H2,1H3,(H,17,18)(H,19,20)/t11-/m0/s1. The molecule has 1 aromatic heterocycles. The number of H-pyrrole nitrogens is 1. The maximum Gasteiger partial charge on any atom is 0.253 e. The molecule has 1 amide bonds. The van der Waals surface area contributed by atoms with Crippen LogP contribution in [-0.2, 0) is 9.53 Å². The number of nitrogens with zero attached hydrogens (tertiary/aromatic N) is 1. The van der Waals surface area contributed by atoms with Crippen molar-refractivity contribution in [2.45, 2.75) is 25.9 Å². The quantitative estimate of drug-likeness (QED) is 0.857. The number of aromatic nitrogens is 2. The van der Waals surface area contributed by atoms with E-state index in [1.165, 1.54) is 12.8 Å². The summed E-state index contributed by atoms with van der Waals surface area (Å²) in [5.74, 6) is 1.36. The molecule has 0 saturated heterocycles. The van der Waals surface area contributed by atoms with E-state index in [0.717, 1.165) is 17.1 Å². The molecule has 1 fully saturated rings. The lowest BCUT2D eigenvalue weighted by molar-refractivity contribution is -0.126. The second-order valence-electron chi connectivity index (χ2n) is 5.42. The van der Waals surface area contributed by atoms with Crippen molar-refractivity contribution < 1.29 is 9.53 Å². The van der Waals surface area contributed by atoms with Gasteiger partial charge < -0.3 is 15.0 Å². The van der Waals surface area contributed by atoms with E-state index in [0.29, 0.717) is 12.5 Å². The molecule has 1 atom stereocenters. The van der Waals surface area contributed by atoms with E-state index in [1.54, 1.807) is 19.3 Å². The number of benzene rings is 1. The Balaban J connectivity index is 1.55. The van der Waals surface area contributed by atoms with Crippen LogP contribution in [-0.4, -0.2) is 28.6 Å². The fourth-order valence-corrected chi connectivity index (χ4v) is 2.02. The SMILES string of the molecule is C[C@H](OCC1CC1)C(=O)Nc1ccc(-c2ncc[nH]2)cc1. The van der Waals surface area contributed by atoms with Crippen LogP contribution in [0.25, 0.3) is 11.4 Å². The van der Waals surface area contributed by atoms with E-state index in [9.17, 15) is 4.79 Å². The molecule has 1 saturated carbocycles. The molecule has 5 heteroatoms. The largest absolute Gasteiger partial charge is 0.368 e. The fourth-order valence-electron chi connectivity index (χ4n) is 2.02. The number of aromatic amines is 1. The maximum atomic E-state index is 12.0. The Morgan fingerprint density at radius 1 is 1.43 bits per heavy atom. The molecule has 1 aliphatic rings. The van der Waals surface area contributed by atoms with E-state index < -0.39 is 6.10 Å². The summed E-state index contributed by atoms with van der Waals surface area (Å²) < 4.78 is 5.56. The Morgan fingerprint density at radius 2 is 2.19 bits per heavy atom. The molecular weight excluding hydrogens is 266 g/mol. The fraction of sp³-hybridized carbons (Fsp3) is 0.375. The molecule has 2 aromatic rings. The number of nitrogens with one attached hydrogen (secondary N) is 2. The molecule has 5 nitrogen and oxygen atoms in total. The van der Waals surface area contributed by atoms with Gasteiger partial charge in [-0.2, -0.15) is 0 Å². The Hall–Kier alpha value is -2.14. The molecule has 110 valence electrons. The average Bonchev–Trinajstić information content (AvgIpc) is 3.17. The van der Waals surface area contributed by atoms with Gasteiger partial charge in [-0.15, -0.1) is 0 Å². The van der Waals surface area contributed by atoms with Gasteiger partial charge in [0.05, 0.1) is 6.61 Å². The number of imidazole rings is 1. The van der Waals surface area contributed by atoms with Crippen molar-refractivity contribution in [1.29, 1.82) is 0 Å². The maximum absolute atomic E-state index is 12.0. The third-order valence-corrected chi connectivity index (χ3v) is 3.57. The number of carbonyl (C=O) groups excluding carboxylic acids is 1. The highest BCUT2D eigenvalue weighted by Gasteiger charge is 2.24. The van der Waals surface area contributed by atoms with Crippen molar-refractivity contribution in [1.82, 2.24) is 9.97 Å². The van der Waals surface area contributed by atoms with Crippen molar-refractivity contribution in [2.24, 2.45) is 5.92 Å². The number of carbonyl (C=O) groups is 1. The van der Waals surface area contributed by atoms with Gasteiger partial charge in [0.1, 0.15) is 11.9 Å². The predicted molar refractivity (Wildman–Crippen MR) is 80.8 cm³/mol. The van der Waals surface area contributed by atoms with E-state index in [4.69, 9.17) is 4.74 Å². The third kappa shape index (κ3) is 3.70. The Kier molecular flexibility index (Phi) is 4.01. The normalized spacial score (nSPS) is 15.7. The highest BCUT2D eigenvalue weighted by molar-refractivity contribution is 5.94. The molecule has 1 heterocycles. The van der Waals surface area contributed by atoms with Crippen LogP contribution in [0, 0.1) is 5.92 Å². The van der Waals surface area contributed by atoms with Crippen LogP contribution >= 0.6 is 0 Å². The number of amides is 1. The second-order valence-corrected chi connectivity index (χ2v) is 5.42. The summed E-state index contributed by atoms with van der Waals surface area (Å²) in [6, 6.07) is 7.57. The molecule has 0 bridgehead atoms. The lowest BCUT2D eigenvalue weighted by atomic mass is 10.2. The molecule has 1 aliphatic carbocycles. The zero-order valence-corrected chi connectivity index (χ0v) is 12.0. The zero-order chi connectivity index (χ0) is 14.7. The first-order valence-corrected chi connectivity index (χ1v) is 7.24. The van der Waals surface area contributed by atoms with Crippen molar-refractivity contribution >= 4 is 11.6 Å². The second kappa shape index (κ2) is 6.10. The smallest absolute Gasteiger partial charge is 0.253 e. The minimum Gasteiger partial charge on any atom is -0.368 e. The van der Waals surface area contributed by atoms with Crippen LogP contribution in [0.5, 0.6) is 0 Å². The highest BCUT2D eigenvalue weighted by atomic mass is 16.5. The van der Waals surface area contributed by atoms with Crippen LogP contribution < -0.4 is 5.32 Å². The van der Waals surface area contributed by atoms with E-state index >= 15 is 0 Å². The van der Waals surface area contributed by atoms with Crippen LogP contribution in [0.2, 0.25) is 0 Å². The monoisotopic (exact) mass is 285 g/mol. The van der Waals surface area contributed by atoms with Gasteiger partial charge in [-0.05, 0) is 49.9 Å². The Morgan fingerprint density at radius 3 is 2.81 bits per heavy atom. The van der Waals surface area contributed by atoms with E-state index in [2.05, 4.69) is 15.3 Å². The van der Waals surface area contributed by atoms with Gasteiger partial charge in [-0.3, -0.25) is 4.79 Å². The number of hydrogen-bond donors (Lipinski definition) is 2. The average molecular weight is 285 g/mol. The summed E-state index contributed by atoms with van der Waals surface area (Å²) in [5.41, 5.74) is 1.74. The lowest BCUT2D eigenvalue weighted by Gasteiger charge is -2.13. The minimum atomic E-state index is -0.421. The molecular formula is C16H19N3O2. The summed E-state index contributed by atoms with van der Waals surface area (Å²) in [6.07, 6.45) is 5.52. The Bertz CT molecular complexity index is 588. The van der Waals surface area contributed by atoms with Crippen molar-refractivity contribution in [3.8, 4) is 11.4 Å². The van der Waals surface area contributed by atoms with Crippen LogP contribution in [0.15, 0.2) is 36.7 Å². The molecule has 21 heavy (non-hydrogen) atoms. The predicted octanol–water partition coefficient (Wildman–Crippen LogP) is 2.83. The molecule has 2 N–H and O–H groups in total. The minimum absolute atomic E-state index is 0.110. The van der Waals surface area contributed by atoms with E-state index in [-0.39, 0.29) is 5.91 Å². The van der Waals surface area contributed by atoms with Gasteiger partial charge in [-0.1, -0.05) is 0 Å². The number of anilines is 1. The molecule has 0 radical (unpaired) electrons. The third-order valence-electron chi connectivity index (χ3n) is 3.57. The van der Waals surface area contributed by atoms with Gasteiger partial charge in [-0.25, -0.2) is 4.98 Å². The van der Waals surface area contributed by atoms with Crippen LogP contribution in [0.4, 0.5) is 5.69 Å². The lowest BCUT2D eigenvalue weighted by Crippen LogP contribution is -2.28. The highest BCUT2D eigenvalue weighted by Crippen LogP contribution is 2.29. The molecule has 3 rings (SSSR count). The van der Waals surface area contributed by atoms with Crippen molar-refractivity contribution in [2.75, 3.05) is 11.9 Å². The first kappa shape index (κ1) is 13.8. The number of ether oxygens (including phenoxy) is 1. The van der Waals surface area contributed by atoms with Gasteiger partial charge in [0.2, 0.25) is 0 Å². The van der Waals surface area contributed by atoms with Gasteiger partial charge in [0.15, 0.2) is 0 Å². The van der Waals surface area contributed by atoms with Crippen LogP contribution in [0.1, 0.15) is 19.8 Å². The summed E-state index contributed by atoms with van der Waals surface area (Å²) in [6.45, 7) is 2.47. The first-order chi connectivity index (χ1) is 10.2. The topological polar surface area (TPSA) is 67.0 Å². The molecule has 0 spiro atoms. The van der Waals surface area contributed by atoms with Gasteiger partial charge in [0, 0.05) is 23.6 Å². The summed E-state index contributed by atoms with van der Waals surface area (Å²) >= 11 is 0. The van der Waals surface area contributed by atoms with Gasteiger partial charge >= 0.3 is 0 Å². The summed E-state index contributed by atoms with van der Waals surface area (Å²) in [5, 5.41) is 2.86. The van der Waals surface area contributed by atoms with Gasteiger partial charge in [0.25, 0.3) is 5.91 Å². The first-order valence-electron chi connectivity index (χ1n) is 7.24. The summed E-state index contributed by atoms with van der Waals surface area (Å²) in [4.78, 5) is 19.2. The summed E-state index contributed by atoms with van der Waals surface area (Å²) in [7, 11) is 0. The number of rotatable bonds is 6. The van der Waals surface area contributed by atoms with Crippen molar-refractivity contribution in [3.05, 3.63) is 36.7 Å². The van der Waals surface area contributed by atoms with Crippen LogP contribution in [0.3, 0.4) is 0 Å². The zero-order valence-electron chi connectivity index (χ0n) is 12.0. The number of hydrogen-bond acceptors (Lipinski definition) is 3. The molecule has 1 aromatic carbocycles. The molecule has 0 unspecified atom stereocenters. The Labute approximate surface area is 123 Å². The van der Waals surface area contributed by atoms with Crippen molar-refractivity contribution in [3.63, 3.8) is 0 Å².